The number of aliphatic carboxylic acids is 1. The van der Waals surface area contributed by atoms with Crippen molar-refractivity contribution in [1.82, 2.24) is 15.1 Å². The van der Waals surface area contributed by atoms with Crippen molar-refractivity contribution in [2.45, 2.75) is 26.5 Å². The fourth-order valence-electron chi connectivity index (χ4n) is 1.34. The van der Waals surface area contributed by atoms with Gasteiger partial charge in [0.15, 0.2) is 6.10 Å². The molecule has 7 heteroatoms. The van der Waals surface area contributed by atoms with Crippen LogP contribution < -0.4 is 5.32 Å². The number of nitrogens with zero attached hydrogens (tertiary/aromatic N) is 2. The predicted molar refractivity (Wildman–Crippen MR) is 58.6 cm³/mol. The molecule has 1 atom stereocenters. The average Bonchev–Trinajstić information content (AvgIpc) is 2.66. The van der Waals surface area contributed by atoms with E-state index in [9.17, 15) is 9.59 Å². The standard InChI is InChI=1S/C10H15N3O4/c1-3-13-7(4-6(2)12-13)9(15)11-5-8(14)10(16)17/h4,8,14H,3,5H2,1-2H3,(H,11,15)(H,16,17). The van der Waals surface area contributed by atoms with Gasteiger partial charge in [-0.15, -0.1) is 0 Å². The number of carbonyl (C=O) groups is 2. The SMILES string of the molecule is CCn1nc(C)cc1C(=O)NCC(O)C(=O)O. The summed E-state index contributed by atoms with van der Waals surface area (Å²) in [5.74, 6) is -1.82. The van der Waals surface area contributed by atoms with E-state index in [4.69, 9.17) is 10.2 Å². The lowest BCUT2D eigenvalue weighted by Crippen LogP contribution is -2.37. The Labute approximate surface area is 98.1 Å². The Balaban J connectivity index is 2.66. The molecule has 1 rings (SSSR count). The van der Waals surface area contributed by atoms with Crippen molar-refractivity contribution in [3.8, 4) is 0 Å². The second-order valence-electron chi connectivity index (χ2n) is 3.55. The zero-order chi connectivity index (χ0) is 13.0. The van der Waals surface area contributed by atoms with Crippen LogP contribution in [-0.2, 0) is 11.3 Å². The van der Waals surface area contributed by atoms with Crippen molar-refractivity contribution in [1.29, 1.82) is 0 Å². The highest BCUT2D eigenvalue weighted by molar-refractivity contribution is 5.93. The van der Waals surface area contributed by atoms with E-state index >= 15 is 0 Å². The molecule has 0 radical (unpaired) electrons. The summed E-state index contributed by atoms with van der Waals surface area (Å²) in [6, 6.07) is 1.60. The monoisotopic (exact) mass is 241 g/mol. The van der Waals surface area contributed by atoms with Crippen molar-refractivity contribution >= 4 is 11.9 Å². The highest BCUT2D eigenvalue weighted by Crippen LogP contribution is 2.03. The van der Waals surface area contributed by atoms with Crippen LogP contribution in [0.1, 0.15) is 23.1 Å². The van der Waals surface area contributed by atoms with Gasteiger partial charge in [-0.1, -0.05) is 0 Å². The van der Waals surface area contributed by atoms with Gasteiger partial charge in [-0.2, -0.15) is 5.10 Å². The Morgan fingerprint density at radius 3 is 2.76 bits per heavy atom. The van der Waals surface area contributed by atoms with Crippen molar-refractivity contribution in [2.75, 3.05) is 6.54 Å². The summed E-state index contributed by atoms with van der Waals surface area (Å²) in [6.07, 6.45) is -1.60. The molecule has 1 heterocycles. The van der Waals surface area contributed by atoms with Crippen LogP contribution in [0.2, 0.25) is 0 Å². The summed E-state index contributed by atoms with van der Waals surface area (Å²) in [5.41, 5.74) is 1.05. The lowest BCUT2D eigenvalue weighted by Gasteiger charge is -2.08. The van der Waals surface area contributed by atoms with Gasteiger partial charge in [-0.3, -0.25) is 9.48 Å². The maximum atomic E-state index is 11.7. The zero-order valence-electron chi connectivity index (χ0n) is 9.67. The number of aromatic nitrogens is 2. The third-order valence-corrected chi connectivity index (χ3v) is 2.18. The van der Waals surface area contributed by atoms with Crippen LogP contribution in [0.5, 0.6) is 0 Å². The maximum absolute atomic E-state index is 11.7. The molecule has 0 saturated heterocycles. The van der Waals surface area contributed by atoms with Crippen LogP contribution >= 0.6 is 0 Å². The number of carboxylic acid groups (broad SMARTS) is 1. The number of amides is 1. The molecule has 0 saturated carbocycles. The number of hydrogen-bond donors (Lipinski definition) is 3. The van der Waals surface area contributed by atoms with Gasteiger partial charge in [-0.25, -0.2) is 4.79 Å². The fraction of sp³-hybridized carbons (Fsp3) is 0.500. The summed E-state index contributed by atoms with van der Waals surface area (Å²) in [6.45, 7) is 3.81. The second kappa shape index (κ2) is 5.44. The van der Waals surface area contributed by atoms with E-state index in [0.717, 1.165) is 0 Å². The van der Waals surface area contributed by atoms with E-state index in [2.05, 4.69) is 10.4 Å². The first-order valence-electron chi connectivity index (χ1n) is 5.19. The molecule has 0 aliphatic heterocycles. The van der Waals surface area contributed by atoms with Crippen LogP contribution in [0.25, 0.3) is 0 Å². The number of aliphatic hydroxyl groups is 1. The number of hydrogen-bond acceptors (Lipinski definition) is 4. The Bertz CT molecular complexity index is 427. The minimum absolute atomic E-state index is 0.331. The minimum atomic E-state index is -1.60. The molecule has 0 aromatic carbocycles. The third-order valence-electron chi connectivity index (χ3n) is 2.18. The van der Waals surface area contributed by atoms with E-state index in [0.29, 0.717) is 17.9 Å². The number of aliphatic hydroxyl groups excluding tert-OH is 1. The lowest BCUT2D eigenvalue weighted by atomic mass is 10.3. The molecule has 0 aliphatic rings. The highest BCUT2D eigenvalue weighted by Gasteiger charge is 2.17. The summed E-state index contributed by atoms with van der Waals surface area (Å²) >= 11 is 0. The minimum Gasteiger partial charge on any atom is -0.479 e. The Hall–Kier alpha value is -1.89. The molecule has 1 aromatic rings. The topological polar surface area (TPSA) is 104 Å². The van der Waals surface area contributed by atoms with E-state index in [1.807, 2.05) is 6.92 Å². The van der Waals surface area contributed by atoms with Gasteiger partial charge in [-0.05, 0) is 19.9 Å². The van der Waals surface area contributed by atoms with Gasteiger partial charge in [0.1, 0.15) is 5.69 Å². The van der Waals surface area contributed by atoms with E-state index in [-0.39, 0.29) is 6.54 Å². The highest BCUT2D eigenvalue weighted by atomic mass is 16.4. The number of aryl methyl sites for hydroxylation is 2. The molecular formula is C10H15N3O4. The number of nitrogens with one attached hydrogen (secondary N) is 1. The summed E-state index contributed by atoms with van der Waals surface area (Å²) < 4.78 is 1.51. The molecular weight excluding hydrogens is 226 g/mol. The molecule has 7 nitrogen and oxygen atoms in total. The van der Waals surface area contributed by atoms with Crippen molar-refractivity contribution < 1.29 is 19.8 Å². The molecule has 0 aliphatic carbocycles. The van der Waals surface area contributed by atoms with Crippen LogP contribution in [-0.4, -0.2) is 44.5 Å². The van der Waals surface area contributed by atoms with E-state index in [1.165, 1.54) is 4.68 Å². The largest absolute Gasteiger partial charge is 0.479 e. The van der Waals surface area contributed by atoms with E-state index in [1.54, 1.807) is 13.0 Å². The molecule has 0 spiro atoms. The lowest BCUT2D eigenvalue weighted by molar-refractivity contribution is -0.146. The van der Waals surface area contributed by atoms with Gasteiger partial charge >= 0.3 is 5.97 Å². The van der Waals surface area contributed by atoms with Gasteiger partial charge in [0.2, 0.25) is 0 Å². The summed E-state index contributed by atoms with van der Waals surface area (Å²) in [5, 5.41) is 23.9. The molecule has 3 N–H and O–H groups in total. The van der Waals surface area contributed by atoms with Gasteiger partial charge in [0.05, 0.1) is 12.2 Å². The normalized spacial score (nSPS) is 12.2. The first-order valence-corrected chi connectivity index (χ1v) is 5.19. The fourth-order valence-corrected chi connectivity index (χ4v) is 1.34. The first kappa shape index (κ1) is 13.2. The first-order chi connectivity index (χ1) is 7.95. The van der Waals surface area contributed by atoms with Crippen molar-refractivity contribution in [3.05, 3.63) is 17.5 Å². The Morgan fingerprint density at radius 2 is 2.24 bits per heavy atom. The molecule has 94 valence electrons. The summed E-state index contributed by atoms with van der Waals surface area (Å²) in [7, 11) is 0. The van der Waals surface area contributed by atoms with Crippen LogP contribution in [0.3, 0.4) is 0 Å². The number of carboxylic acids is 1. The van der Waals surface area contributed by atoms with Crippen molar-refractivity contribution in [3.63, 3.8) is 0 Å². The molecule has 0 fully saturated rings. The quantitative estimate of drug-likeness (QED) is 0.637. The van der Waals surface area contributed by atoms with Gasteiger partial charge in [0, 0.05) is 6.54 Å². The zero-order valence-corrected chi connectivity index (χ0v) is 9.67. The van der Waals surface area contributed by atoms with Crippen molar-refractivity contribution in [2.24, 2.45) is 0 Å². The van der Waals surface area contributed by atoms with Gasteiger partial charge in [0.25, 0.3) is 5.91 Å². The molecule has 17 heavy (non-hydrogen) atoms. The molecule has 1 amide bonds. The van der Waals surface area contributed by atoms with Crippen LogP contribution in [0.4, 0.5) is 0 Å². The number of carbonyl (C=O) groups excluding carboxylic acids is 1. The maximum Gasteiger partial charge on any atom is 0.334 e. The van der Waals surface area contributed by atoms with Crippen LogP contribution in [0.15, 0.2) is 6.07 Å². The molecule has 0 bridgehead atoms. The van der Waals surface area contributed by atoms with Gasteiger partial charge < -0.3 is 15.5 Å². The summed E-state index contributed by atoms with van der Waals surface area (Å²) in [4.78, 5) is 22.0. The smallest absolute Gasteiger partial charge is 0.334 e. The average molecular weight is 241 g/mol. The Kier molecular flexibility index (Phi) is 4.22. The predicted octanol–water partition coefficient (Wildman–Crippen LogP) is -0.613. The molecule has 1 aromatic heterocycles. The number of rotatable bonds is 5. The van der Waals surface area contributed by atoms with E-state index < -0.39 is 18.0 Å². The molecule has 1 unspecified atom stereocenters. The second-order valence-corrected chi connectivity index (χ2v) is 3.55. The third kappa shape index (κ3) is 3.28. The Morgan fingerprint density at radius 1 is 1.59 bits per heavy atom. The van der Waals surface area contributed by atoms with Crippen LogP contribution in [0, 0.1) is 6.92 Å².